The third kappa shape index (κ3) is 3.70. The maximum atomic E-state index is 12.3. The highest BCUT2D eigenvalue weighted by atomic mass is 16.1. The fraction of sp³-hybridized carbons (Fsp3) is 0.217. The summed E-state index contributed by atoms with van der Waals surface area (Å²) in [6, 6.07) is 18.6. The maximum absolute atomic E-state index is 12.3. The molecule has 0 bridgehead atoms. The van der Waals surface area contributed by atoms with Crippen LogP contribution in [0.1, 0.15) is 35.6 Å². The molecule has 3 aromatic rings. The second kappa shape index (κ2) is 7.23. The number of carbonyl (C=O) groups is 1. The van der Waals surface area contributed by atoms with Crippen LogP contribution in [0.25, 0.3) is 11.1 Å². The van der Waals surface area contributed by atoms with Gasteiger partial charge in [-0.25, -0.2) is 0 Å². The lowest BCUT2D eigenvalue weighted by molar-refractivity contribution is -0.115. The van der Waals surface area contributed by atoms with Crippen molar-refractivity contribution in [3.05, 3.63) is 83.2 Å². The lowest BCUT2D eigenvalue weighted by atomic mass is 9.85. The first-order valence-corrected chi connectivity index (χ1v) is 9.27. The molecule has 1 aromatic heterocycles. The first kappa shape index (κ1) is 17.3. The average Bonchev–Trinajstić information content (AvgIpc) is 3.02. The van der Waals surface area contributed by atoms with Crippen LogP contribution < -0.4 is 5.32 Å². The highest BCUT2D eigenvalue weighted by Gasteiger charge is 2.23. The van der Waals surface area contributed by atoms with E-state index in [9.17, 15) is 4.79 Å². The van der Waals surface area contributed by atoms with E-state index in [0.717, 1.165) is 34.8 Å². The molecule has 0 unspecified atom stereocenters. The van der Waals surface area contributed by atoms with Crippen LogP contribution in [0.3, 0.4) is 0 Å². The third-order valence-electron chi connectivity index (χ3n) is 5.09. The van der Waals surface area contributed by atoms with E-state index in [1.807, 2.05) is 25.1 Å². The number of hydrogen-bond donors (Lipinski definition) is 2. The summed E-state index contributed by atoms with van der Waals surface area (Å²) in [6.07, 6.45) is 3.08. The lowest BCUT2D eigenvalue weighted by Crippen LogP contribution is -2.17. The van der Waals surface area contributed by atoms with Gasteiger partial charge in [0.1, 0.15) is 0 Å². The Morgan fingerprint density at radius 3 is 2.48 bits per heavy atom. The largest absolute Gasteiger partial charge is 0.342 e. The van der Waals surface area contributed by atoms with E-state index in [1.165, 1.54) is 11.1 Å². The molecule has 0 radical (unpaired) electrons. The molecular weight excluding hydrogens is 334 g/mol. The van der Waals surface area contributed by atoms with E-state index >= 15 is 0 Å². The van der Waals surface area contributed by atoms with Crippen LogP contribution in [-0.2, 0) is 4.79 Å². The molecule has 2 N–H and O–H groups in total. The number of nitrogens with one attached hydrogen (secondary N) is 2. The fourth-order valence-corrected chi connectivity index (χ4v) is 3.68. The van der Waals surface area contributed by atoms with Gasteiger partial charge >= 0.3 is 0 Å². The highest BCUT2D eigenvalue weighted by Crippen LogP contribution is 2.35. The van der Waals surface area contributed by atoms with Crippen LogP contribution in [0.2, 0.25) is 0 Å². The zero-order valence-electron chi connectivity index (χ0n) is 15.6. The minimum atomic E-state index is 0.155. The molecular formula is C23H23N3O. The summed E-state index contributed by atoms with van der Waals surface area (Å²) < 4.78 is 0. The number of aromatic amines is 1. The predicted molar refractivity (Wildman–Crippen MR) is 109 cm³/mol. The van der Waals surface area contributed by atoms with Crippen molar-refractivity contribution in [1.29, 1.82) is 0 Å². The van der Waals surface area contributed by atoms with Crippen LogP contribution >= 0.6 is 0 Å². The number of ketones is 1. The van der Waals surface area contributed by atoms with E-state index in [-0.39, 0.29) is 11.7 Å². The fourth-order valence-electron chi connectivity index (χ4n) is 3.68. The molecule has 1 aliphatic carbocycles. The van der Waals surface area contributed by atoms with Crippen molar-refractivity contribution in [3.8, 4) is 11.1 Å². The molecule has 27 heavy (non-hydrogen) atoms. The van der Waals surface area contributed by atoms with Crippen molar-refractivity contribution >= 4 is 11.6 Å². The van der Waals surface area contributed by atoms with Crippen LogP contribution in [0.4, 0.5) is 5.82 Å². The van der Waals surface area contributed by atoms with Crippen molar-refractivity contribution in [2.45, 2.75) is 32.6 Å². The molecule has 4 nitrogen and oxygen atoms in total. The first-order valence-electron chi connectivity index (χ1n) is 9.27. The first-order chi connectivity index (χ1) is 13.1. The summed E-state index contributed by atoms with van der Waals surface area (Å²) in [5, 5.41) is 10.9. The smallest absolute Gasteiger partial charge is 0.160 e. The number of rotatable bonds is 4. The molecule has 4 heteroatoms. The Morgan fingerprint density at radius 1 is 1.00 bits per heavy atom. The Labute approximate surface area is 159 Å². The molecule has 0 amide bonds. The molecule has 4 rings (SSSR count). The Kier molecular flexibility index (Phi) is 4.63. The highest BCUT2D eigenvalue weighted by molar-refractivity contribution is 5.93. The van der Waals surface area contributed by atoms with Crippen LogP contribution in [0.15, 0.2) is 66.4 Å². The SMILES string of the molecule is Cc1ccc([C@H]2CC(=O)C=C(Nc3n[nH]c(C)c3-c3ccccc3)C2)cc1. The Bertz CT molecular complexity index is 984. The quantitative estimate of drug-likeness (QED) is 0.680. The second-order valence-corrected chi connectivity index (χ2v) is 7.21. The minimum absolute atomic E-state index is 0.155. The molecule has 0 spiro atoms. The topological polar surface area (TPSA) is 57.8 Å². The van der Waals surface area contributed by atoms with Gasteiger partial charge < -0.3 is 5.32 Å². The molecule has 0 saturated heterocycles. The molecule has 136 valence electrons. The van der Waals surface area contributed by atoms with Crippen molar-refractivity contribution in [1.82, 2.24) is 10.2 Å². The number of allylic oxidation sites excluding steroid dienone is 2. The van der Waals surface area contributed by atoms with Crippen molar-refractivity contribution < 1.29 is 4.79 Å². The molecule has 1 atom stereocenters. The van der Waals surface area contributed by atoms with Gasteiger partial charge in [-0.05, 0) is 37.3 Å². The van der Waals surface area contributed by atoms with Crippen LogP contribution in [-0.4, -0.2) is 16.0 Å². The summed E-state index contributed by atoms with van der Waals surface area (Å²) in [5.41, 5.74) is 6.50. The predicted octanol–water partition coefficient (Wildman–Crippen LogP) is 5.14. The summed E-state index contributed by atoms with van der Waals surface area (Å²) in [4.78, 5) is 12.3. The monoisotopic (exact) mass is 357 g/mol. The van der Waals surface area contributed by atoms with Gasteiger partial charge in [0.2, 0.25) is 0 Å². The van der Waals surface area contributed by atoms with Gasteiger partial charge in [0, 0.05) is 29.5 Å². The van der Waals surface area contributed by atoms with Crippen LogP contribution in [0, 0.1) is 13.8 Å². The molecule has 0 fully saturated rings. The van der Waals surface area contributed by atoms with Crippen molar-refractivity contribution in [3.63, 3.8) is 0 Å². The van der Waals surface area contributed by atoms with Crippen molar-refractivity contribution in [2.24, 2.45) is 0 Å². The van der Waals surface area contributed by atoms with Gasteiger partial charge in [-0.15, -0.1) is 0 Å². The van der Waals surface area contributed by atoms with Gasteiger partial charge in [-0.1, -0.05) is 60.2 Å². The molecule has 1 aliphatic rings. The van der Waals surface area contributed by atoms with E-state index in [4.69, 9.17) is 0 Å². The molecule has 2 aromatic carbocycles. The summed E-state index contributed by atoms with van der Waals surface area (Å²) in [5.74, 6) is 1.12. The van der Waals surface area contributed by atoms with Gasteiger partial charge in [0.05, 0.1) is 0 Å². The third-order valence-corrected chi connectivity index (χ3v) is 5.09. The Balaban J connectivity index is 1.60. The Morgan fingerprint density at radius 2 is 1.74 bits per heavy atom. The van der Waals surface area contributed by atoms with Gasteiger partial charge in [0.15, 0.2) is 11.6 Å². The second-order valence-electron chi connectivity index (χ2n) is 7.21. The van der Waals surface area contributed by atoms with E-state index in [0.29, 0.717) is 6.42 Å². The van der Waals surface area contributed by atoms with Gasteiger partial charge in [0.25, 0.3) is 0 Å². The summed E-state index contributed by atoms with van der Waals surface area (Å²) in [7, 11) is 0. The average molecular weight is 357 g/mol. The summed E-state index contributed by atoms with van der Waals surface area (Å²) in [6.45, 7) is 4.09. The zero-order valence-corrected chi connectivity index (χ0v) is 15.6. The number of aryl methyl sites for hydroxylation is 2. The van der Waals surface area contributed by atoms with Gasteiger partial charge in [-0.2, -0.15) is 5.10 Å². The Hall–Kier alpha value is -3.14. The summed E-state index contributed by atoms with van der Waals surface area (Å²) >= 11 is 0. The molecule has 0 saturated carbocycles. The van der Waals surface area contributed by atoms with E-state index in [1.54, 1.807) is 6.08 Å². The number of H-pyrrole nitrogens is 1. The number of hydrogen-bond acceptors (Lipinski definition) is 3. The van der Waals surface area contributed by atoms with E-state index in [2.05, 4.69) is 58.8 Å². The number of nitrogens with zero attached hydrogens (tertiary/aromatic N) is 1. The maximum Gasteiger partial charge on any atom is 0.160 e. The zero-order chi connectivity index (χ0) is 18.8. The minimum Gasteiger partial charge on any atom is -0.342 e. The van der Waals surface area contributed by atoms with Gasteiger partial charge in [-0.3, -0.25) is 9.89 Å². The lowest BCUT2D eigenvalue weighted by Gasteiger charge is -2.23. The number of aromatic nitrogens is 2. The molecule has 0 aliphatic heterocycles. The normalized spacial score (nSPS) is 16.9. The number of benzene rings is 2. The van der Waals surface area contributed by atoms with E-state index < -0.39 is 0 Å². The van der Waals surface area contributed by atoms with Crippen molar-refractivity contribution in [2.75, 3.05) is 5.32 Å². The number of anilines is 1. The number of carbonyl (C=O) groups excluding carboxylic acids is 1. The standard InChI is InChI=1S/C23H23N3O/c1-15-8-10-17(11-9-15)19-12-20(14-21(27)13-19)24-23-22(16(2)25-26-23)18-6-4-3-5-7-18/h3-11,14,19H,12-13H2,1-2H3,(H2,24,25,26)/t19-/m1/s1. The molecule has 1 heterocycles. The van der Waals surface area contributed by atoms with Crippen LogP contribution in [0.5, 0.6) is 0 Å².